The molecule has 2 nitrogen and oxygen atoms in total. The van der Waals surface area contributed by atoms with Crippen molar-refractivity contribution < 1.29 is 0 Å². The smallest absolute Gasteiger partial charge is 0.0320 e. The molecule has 1 saturated heterocycles. The SMILES string of the molecule is CC(c1ccc(I)cc1)N1CCNCC1. The quantitative estimate of drug-likeness (QED) is 0.842. The minimum atomic E-state index is 0.545. The van der Waals surface area contributed by atoms with Gasteiger partial charge in [-0.3, -0.25) is 4.90 Å². The van der Waals surface area contributed by atoms with Crippen LogP contribution in [0.1, 0.15) is 18.5 Å². The van der Waals surface area contributed by atoms with Gasteiger partial charge in [-0.2, -0.15) is 0 Å². The Hall–Kier alpha value is -0.130. The maximum atomic E-state index is 3.39. The lowest BCUT2D eigenvalue weighted by Crippen LogP contribution is -2.44. The van der Waals surface area contributed by atoms with E-state index in [2.05, 4.69) is 64.0 Å². The Morgan fingerprint density at radius 1 is 1.20 bits per heavy atom. The largest absolute Gasteiger partial charge is 0.314 e. The minimum absolute atomic E-state index is 0.545. The molecule has 1 aromatic rings. The second-order valence-electron chi connectivity index (χ2n) is 4.01. The van der Waals surface area contributed by atoms with Crippen molar-refractivity contribution >= 4 is 22.6 Å². The van der Waals surface area contributed by atoms with Gasteiger partial charge in [0.2, 0.25) is 0 Å². The van der Waals surface area contributed by atoms with Crippen LogP contribution in [-0.2, 0) is 0 Å². The lowest BCUT2D eigenvalue weighted by Gasteiger charge is -2.33. The molecule has 0 aliphatic carbocycles. The van der Waals surface area contributed by atoms with Crippen LogP contribution in [0.5, 0.6) is 0 Å². The van der Waals surface area contributed by atoms with Gasteiger partial charge in [-0.1, -0.05) is 12.1 Å². The highest BCUT2D eigenvalue weighted by Crippen LogP contribution is 2.21. The van der Waals surface area contributed by atoms with E-state index in [1.54, 1.807) is 0 Å². The van der Waals surface area contributed by atoms with Gasteiger partial charge >= 0.3 is 0 Å². The Balaban J connectivity index is 2.05. The molecule has 0 bridgehead atoms. The number of benzene rings is 1. The molecule has 1 aliphatic heterocycles. The first kappa shape index (κ1) is 11.4. The van der Waals surface area contributed by atoms with Crippen LogP contribution in [0.4, 0.5) is 0 Å². The first-order valence-corrected chi connectivity index (χ1v) is 6.55. The van der Waals surface area contributed by atoms with Crippen LogP contribution >= 0.6 is 22.6 Å². The van der Waals surface area contributed by atoms with Crippen molar-refractivity contribution in [2.75, 3.05) is 26.2 Å². The summed E-state index contributed by atoms with van der Waals surface area (Å²) in [5, 5.41) is 3.39. The number of hydrogen-bond acceptors (Lipinski definition) is 2. The Bertz CT molecular complexity index is 304. The third-order valence-corrected chi connectivity index (χ3v) is 3.77. The Morgan fingerprint density at radius 3 is 2.40 bits per heavy atom. The fraction of sp³-hybridized carbons (Fsp3) is 0.500. The van der Waals surface area contributed by atoms with E-state index in [1.807, 2.05) is 0 Å². The fourth-order valence-corrected chi connectivity index (χ4v) is 2.38. The van der Waals surface area contributed by atoms with Gasteiger partial charge in [-0.15, -0.1) is 0 Å². The van der Waals surface area contributed by atoms with Crippen molar-refractivity contribution in [2.45, 2.75) is 13.0 Å². The highest BCUT2D eigenvalue weighted by atomic mass is 127. The highest BCUT2D eigenvalue weighted by Gasteiger charge is 2.17. The molecule has 1 heterocycles. The fourth-order valence-electron chi connectivity index (χ4n) is 2.02. The Morgan fingerprint density at radius 2 is 1.80 bits per heavy atom. The van der Waals surface area contributed by atoms with Gasteiger partial charge < -0.3 is 5.32 Å². The first-order chi connectivity index (χ1) is 7.27. The van der Waals surface area contributed by atoms with Crippen molar-refractivity contribution in [1.29, 1.82) is 0 Å². The lowest BCUT2D eigenvalue weighted by atomic mass is 10.1. The summed E-state index contributed by atoms with van der Waals surface area (Å²) in [4.78, 5) is 2.54. The predicted molar refractivity (Wildman–Crippen MR) is 72.0 cm³/mol. The summed E-state index contributed by atoms with van der Waals surface area (Å²) >= 11 is 2.35. The normalized spacial score (nSPS) is 20.1. The Labute approximate surface area is 105 Å². The maximum Gasteiger partial charge on any atom is 0.0320 e. The monoisotopic (exact) mass is 316 g/mol. The standard InChI is InChI=1S/C12H17IN2/c1-10(15-8-6-14-7-9-15)11-2-4-12(13)5-3-11/h2-5,10,14H,6-9H2,1H3. The minimum Gasteiger partial charge on any atom is -0.314 e. The van der Waals surface area contributed by atoms with Crippen molar-refractivity contribution in [3.05, 3.63) is 33.4 Å². The Kier molecular flexibility index (Phi) is 3.99. The molecule has 1 N–H and O–H groups in total. The molecule has 0 spiro atoms. The van der Waals surface area contributed by atoms with Crippen LogP contribution in [-0.4, -0.2) is 31.1 Å². The predicted octanol–water partition coefficient (Wildman–Crippen LogP) is 2.26. The van der Waals surface area contributed by atoms with E-state index in [0.717, 1.165) is 26.2 Å². The topological polar surface area (TPSA) is 15.3 Å². The van der Waals surface area contributed by atoms with E-state index in [9.17, 15) is 0 Å². The van der Waals surface area contributed by atoms with Gasteiger partial charge in [0, 0.05) is 35.8 Å². The van der Waals surface area contributed by atoms with Crippen molar-refractivity contribution in [1.82, 2.24) is 10.2 Å². The van der Waals surface area contributed by atoms with Gasteiger partial charge in [-0.05, 0) is 47.2 Å². The molecule has 1 aliphatic rings. The lowest BCUT2D eigenvalue weighted by molar-refractivity contribution is 0.185. The summed E-state index contributed by atoms with van der Waals surface area (Å²) in [6.07, 6.45) is 0. The third-order valence-electron chi connectivity index (χ3n) is 3.05. The van der Waals surface area contributed by atoms with E-state index in [1.165, 1.54) is 9.13 Å². The van der Waals surface area contributed by atoms with Crippen LogP contribution < -0.4 is 5.32 Å². The van der Waals surface area contributed by atoms with E-state index in [-0.39, 0.29) is 0 Å². The summed E-state index contributed by atoms with van der Waals surface area (Å²) < 4.78 is 1.31. The van der Waals surface area contributed by atoms with Crippen LogP contribution in [0.15, 0.2) is 24.3 Å². The summed E-state index contributed by atoms with van der Waals surface area (Å²) in [7, 11) is 0. The average Bonchev–Trinajstić information content (AvgIpc) is 2.30. The first-order valence-electron chi connectivity index (χ1n) is 5.47. The van der Waals surface area contributed by atoms with Crippen LogP contribution in [0, 0.1) is 3.57 Å². The second-order valence-corrected chi connectivity index (χ2v) is 5.26. The summed E-state index contributed by atoms with van der Waals surface area (Å²) in [6, 6.07) is 9.41. The molecule has 1 unspecified atom stereocenters. The maximum absolute atomic E-state index is 3.39. The zero-order chi connectivity index (χ0) is 10.7. The molecule has 0 radical (unpaired) electrons. The van der Waals surface area contributed by atoms with E-state index in [4.69, 9.17) is 0 Å². The van der Waals surface area contributed by atoms with Crippen LogP contribution in [0.3, 0.4) is 0 Å². The molecule has 2 rings (SSSR count). The molecule has 0 aromatic heterocycles. The average molecular weight is 316 g/mol. The van der Waals surface area contributed by atoms with Crippen molar-refractivity contribution in [2.24, 2.45) is 0 Å². The number of piperazine rings is 1. The molecule has 0 saturated carbocycles. The number of rotatable bonds is 2. The molecule has 1 aromatic carbocycles. The summed E-state index contributed by atoms with van der Waals surface area (Å²) in [5.41, 5.74) is 1.43. The molecule has 3 heteroatoms. The molecule has 82 valence electrons. The van der Waals surface area contributed by atoms with E-state index >= 15 is 0 Å². The van der Waals surface area contributed by atoms with Crippen molar-refractivity contribution in [3.8, 4) is 0 Å². The van der Waals surface area contributed by atoms with Crippen molar-refractivity contribution in [3.63, 3.8) is 0 Å². The van der Waals surface area contributed by atoms with Gasteiger partial charge in [0.25, 0.3) is 0 Å². The van der Waals surface area contributed by atoms with Gasteiger partial charge in [0.05, 0.1) is 0 Å². The number of hydrogen-bond donors (Lipinski definition) is 1. The summed E-state index contributed by atoms with van der Waals surface area (Å²) in [5.74, 6) is 0. The zero-order valence-electron chi connectivity index (χ0n) is 9.04. The number of nitrogens with zero attached hydrogens (tertiary/aromatic N) is 1. The van der Waals surface area contributed by atoms with Gasteiger partial charge in [0.15, 0.2) is 0 Å². The molecular formula is C12H17IN2. The highest BCUT2D eigenvalue weighted by molar-refractivity contribution is 14.1. The molecule has 1 atom stereocenters. The molecule has 0 amide bonds. The zero-order valence-corrected chi connectivity index (χ0v) is 11.2. The second kappa shape index (κ2) is 5.27. The number of nitrogens with one attached hydrogen (secondary N) is 1. The van der Waals surface area contributed by atoms with E-state index in [0.29, 0.717) is 6.04 Å². The number of halogens is 1. The van der Waals surface area contributed by atoms with Gasteiger partial charge in [-0.25, -0.2) is 0 Å². The molecule has 1 fully saturated rings. The van der Waals surface area contributed by atoms with Crippen LogP contribution in [0.2, 0.25) is 0 Å². The third kappa shape index (κ3) is 2.92. The summed E-state index contributed by atoms with van der Waals surface area (Å²) in [6.45, 7) is 6.86. The van der Waals surface area contributed by atoms with Gasteiger partial charge in [0.1, 0.15) is 0 Å². The van der Waals surface area contributed by atoms with Crippen LogP contribution in [0.25, 0.3) is 0 Å². The molecule has 15 heavy (non-hydrogen) atoms. The van der Waals surface area contributed by atoms with E-state index < -0.39 is 0 Å². The molecular weight excluding hydrogens is 299 g/mol.